The largest absolute Gasteiger partial charge is 0.496 e. The molecule has 4 rings (SSSR count). The van der Waals surface area contributed by atoms with Crippen molar-refractivity contribution < 1.29 is 32.8 Å². The molecule has 0 spiro atoms. The van der Waals surface area contributed by atoms with Gasteiger partial charge in [-0.25, -0.2) is 4.79 Å². The van der Waals surface area contributed by atoms with Crippen LogP contribution in [0.25, 0.3) is 0 Å². The third kappa shape index (κ3) is 6.50. The van der Waals surface area contributed by atoms with Gasteiger partial charge in [0.2, 0.25) is 0 Å². The third-order valence-corrected chi connectivity index (χ3v) is 5.59. The van der Waals surface area contributed by atoms with Crippen LogP contribution in [0.1, 0.15) is 16.7 Å². The highest BCUT2D eigenvalue weighted by atomic mass is 79.9. The minimum Gasteiger partial charge on any atom is -0.496 e. The first kappa shape index (κ1) is 26.4. The number of amides is 2. The van der Waals surface area contributed by atoms with Gasteiger partial charge in [0.25, 0.3) is 0 Å². The van der Waals surface area contributed by atoms with Crippen LogP contribution < -0.4 is 20.4 Å². The molecule has 35 heavy (non-hydrogen) atoms. The number of hydrogen-bond acceptors (Lipinski definition) is 6. The van der Waals surface area contributed by atoms with Crippen LogP contribution in [0.5, 0.6) is 5.75 Å². The summed E-state index contributed by atoms with van der Waals surface area (Å²) in [5.74, 6) is -0.246. The minimum absolute atomic E-state index is 0.230. The van der Waals surface area contributed by atoms with Crippen LogP contribution in [0.3, 0.4) is 0 Å². The number of nitrogens with one attached hydrogen (secondary N) is 1. The Morgan fingerprint density at radius 1 is 1.20 bits per heavy atom. The SMILES string of the molecule is COc1cc2c(cc1C(F)(F)F)N(C(=O)Nc1cncc(Br)c1)CC2.Cc1ccncc1B(O)O. The number of hydrogen-bond donors (Lipinski definition) is 3. The van der Waals surface area contributed by atoms with Gasteiger partial charge >= 0.3 is 19.3 Å². The van der Waals surface area contributed by atoms with E-state index in [1.54, 1.807) is 31.5 Å². The number of benzene rings is 1. The van der Waals surface area contributed by atoms with Gasteiger partial charge in [0.15, 0.2) is 0 Å². The molecule has 184 valence electrons. The van der Waals surface area contributed by atoms with Crippen molar-refractivity contribution in [1.29, 1.82) is 0 Å². The molecule has 8 nitrogen and oxygen atoms in total. The summed E-state index contributed by atoms with van der Waals surface area (Å²) in [5, 5.41) is 20.1. The lowest BCUT2D eigenvalue weighted by Crippen LogP contribution is -2.33. The molecule has 1 aliphatic rings. The zero-order chi connectivity index (χ0) is 25.8. The first-order valence-corrected chi connectivity index (χ1v) is 11.0. The number of halogens is 4. The lowest BCUT2D eigenvalue weighted by Gasteiger charge is -2.20. The predicted molar refractivity (Wildman–Crippen MR) is 129 cm³/mol. The number of aryl methyl sites for hydroxylation is 1. The van der Waals surface area contributed by atoms with Crippen molar-refractivity contribution in [1.82, 2.24) is 9.97 Å². The Bertz CT molecular complexity index is 1210. The first-order chi connectivity index (χ1) is 16.5. The number of urea groups is 1. The van der Waals surface area contributed by atoms with Gasteiger partial charge in [0.1, 0.15) is 5.75 Å². The second kappa shape index (κ2) is 11.1. The quantitative estimate of drug-likeness (QED) is 0.429. The summed E-state index contributed by atoms with van der Waals surface area (Å²) in [7, 11) is -0.217. The third-order valence-electron chi connectivity index (χ3n) is 5.16. The maximum absolute atomic E-state index is 13.2. The lowest BCUT2D eigenvalue weighted by molar-refractivity contribution is -0.138. The fraction of sp³-hybridized carbons (Fsp3) is 0.227. The van der Waals surface area contributed by atoms with Gasteiger partial charge in [0.05, 0.1) is 24.6 Å². The van der Waals surface area contributed by atoms with E-state index in [9.17, 15) is 18.0 Å². The molecule has 0 bridgehead atoms. The molecule has 0 saturated carbocycles. The molecule has 0 radical (unpaired) electrons. The summed E-state index contributed by atoms with van der Waals surface area (Å²) in [5.41, 5.74) is 1.70. The average molecular weight is 553 g/mol. The molecule has 2 aromatic heterocycles. The molecule has 3 N–H and O–H groups in total. The molecular weight excluding hydrogens is 532 g/mol. The molecule has 2 amide bonds. The lowest BCUT2D eigenvalue weighted by atomic mass is 9.79. The summed E-state index contributed by atoms with van der Waals surface area (Å²) in [4.78, 5) is 21.4. The highest BCUT2D eigenvalue weighted by molar-refractivity contribution is 9.10. The average Bonchev–Trinajstić information content (AvgIpc) is 3.21. The van der Waals surface area contributed by atoms with Crippen LogP contribution in [0.15, 0.2) is 53.5 Å². The fourth-order valence-corrected chi connectivity index (χ4v) is 3.80. The predicted octanol–water partition coefficient (Wildman–Crippen LogP) is 3.54. The molecule has 0 saturated heterocycles. The number of aromatic nitrogens is 2. The van der Waals surface area contributed by atoms with Crippen LogP contribution in [-0.2, 0) is 12.6 Å². The van der Waals surface area contributed by atoms with Crippen LogP contribution in [0.4, 0.5) is 29.3 Å². The molecule has 0 aliphatic carbocycles. The molecule has 3 heterocycles. The maximum atomic E-state index is 13.2. The van der Waals surface area contributed by atoms with Crippen molar-refractivity contribution >= 4 is 45.9 Å². The van der Waals surface area contributed by atoms with E-state index in [1.807, 2.05) is 0 Å². The van der Waals surface area contributed by atoms with E-state index in [4.69, 9.17) is 14.8 Å². The second-order valence-electron chi connectivity index (χ2n) is 7.51. The number of alkyl halides is 3. The van der Waals surface area contributed by atoms with E-state index in [1.165, 1.54) is 30.5 Å². The molecule has 0 fully saturated rings. The van der Waals surface area contributed by atoms with Crippen LogP contribution in [0, 0.1) is 6.92 Å². The number of nitrogens with zero attached hydrogens (tertiary/aromatic N) is 3. The van der Waals surface area contributed by atoms with E-state index in [2.05, 4.69) is 31.2 Å². The maximum Gasteiger partial charge on any atom is 0.490 e. The Kier molecular flexibility index (Phi) is 8.36. The number of pyridine rings is 2. The van der Waals surface area contributed by atoms with E-state index < -0.39 is 24.9 Å². The number of carbonyl (C=O) groups is 1. The summed E-state index contributed by atoms with van der Waals surface area (Å²) >= 11 is 3.24. The van der Waals surface area contributed by atoms with Gasteiger partial charge in [-0.1, -0.05) is 0 Å². The van der Waals surface area contributed by atoms with Crippen molar-refractivity contribution in [2.45, 2.75) is 19.5 Å². The molecule has 13 heteroatoms. The molecular formula is C22H21BBrF3N4O4. The minimum atomic E-state index is -4.57. The van der Waals surface area contributed by atoms with Gasteiger partial charge < -0.3 is 20.1 Å². The van der Waals surface area contributed by atoms with Gasteiger partial charge in [0, 0.05) is 40.8 Å². The fourth-order valence-electron chi connectivity index (χ4n) is 3.43. The van der Waals surface area contributed by atoms with Crippen molar-refractivity contribution in [2.24, 2.45) is 0 Å². The number of anilines is 2. The molecule has 0 unspecified atom stereocenters. The number of rotatable bonds is 3. The van der Waals surface area contributed by atoms with Crippen molar-refractivity contribution in [3.63, 3.8) is 0 Å². The molecule has 1 aromatic carbocycles. The summed E-state index contributed by atoms with van der Waals surface area (Å²) < 4.78 is 45.2. The van der Waals surface area contributed by atoms with Crippen molar-refractivity contribution in [3.05, 3.63) is 70.2 Å². The highest BCUT2D eigenvalue weighted by Gasteiger charge is 2.37. The van der Waals surface area contributed by atoms with E-state index in [-0.39, 0.29) is 18.0 Å². The molecule has 3 aromatic rings. The Hall–Kier alpha value is -3.16. The van der Waals surface area contributed by atoms with Crippen molar-refractivity contribution in [2.75, 3.05) is 23.9 Å². The van der Waals surface area contributed by atoms with E-state index >= 15 is 0 Å². The van der Waals surface area contributed by atoms with Gasteiger partial charge in [-0.2, -0.15) is 13.2 Å². The monoisotopic (exact) mass is 552 g/mol. The number of ether oxygens (including phenoxy) is 1. The zero-order valence-electron chi connectivity index (χ0n) is 18.7. The van der Waals surface area contributed by atoms with Crippen LogP contribution >= 0.6 is 15.9 Å². The van der Waals surface area contributed by atoms with Crippen LogP contribution in [-0.4, -0.2) is 46.8 Å². The normalized spacial score (nSPS) is 12.4. The highest BCUT2D eigenvalue weighted by Crippen LogP contribution is 2.42. The standard InChI is InChI=1S/C16H13BrF3N3O2.C6H8BNO2/c1-25-14-4-9-2-3-23(13(9)6-12(14)16(18,19)20)15(24)22-11-5-10(17)7-21-8-11;1-5-2-3-8-4-6(5)7(9)10/h4-8H,2-3H2,1H3,(H,22,24);2-4,9-10H,1H3. The summed E-state index contributed by atoms with van der Waals surface area (Å²) in [6.45, 7) is 2.09. The first-order valence-electron chi connectivity index (χ1n) is 10.2. The van der Waals surface area contributed by atoms with Crippen molar-refractivity contribution in [3.8, 4) is 5.75 Å². The number of carbonyl (C=O) groups excluding carboxylic acids is 1. The summed E-state index contributed by atoms with van der Waals surface area (Å²) in [6, 6.07) is 5.16. The van der Waals surface area contributed by atoms with E-state index in [0.717, 1.165) is 11.6 Å². The Balaban J connectivity index is 0.000000287. The van der Waals surface area contributed by atoms with Gasteiger partial charge in [-0.15, -0.1) is 0 Å². The smallest absolute Gasteiger partial charge is 0.490 e. The molecule has 0 atom stereocenters. The van der Waals surface area contributed by atoms with Crippen LogP contribution in [0.2, 0.25) is 0 Å². The Labute approximate surface area is 208 Å². The number of fused-ring (bicyclic) bond motifs is 1. The van der Waals surface area contributed by atoms with E-state index in [0.29, 0.717) is 27.6 Å². The van der Waals surface area contributed by atoms with Gasteiger partial charge in [-0.05, 0) is 64.7 Å². The topological polar surface area (TPSA) is 108 Å². The second-order valence-corrected chi connectivity index (χ2v) is 8.42. The number of methoxy groups -OCH3 is 1. The Morgan fingerprint density at radius 3 is 2.51 bits per heavy atom. The van der Waals surface area contributed by atoms with Gasteiger partial charge in [-0.3, -0.25) is 14.9 Å². The summed E-state index contributed by atoms with van der Waals surface area (Å²) in [6.07, 6.45) is 1.95. The zero-order valence-corrected chi connectivity index (χ0v) is 20.3. The Morgan fingerprint density at radius 2 is 1.94 bits per heavy atom. The molecule has 1 aliphatic heterocycles.